The molecule has 1 N–H and O–H groups in total. The van der Waals surface area contributed by atoms with Crippen LogP contribution in [0.5, 0.6) is 0 Å². The molecule has 1 aliphatic carbocycles. The van der Waals surface area contributed by atoms with Crippen molar-refractivity contribution in [2.24, 2.45) is 0 Å². The van der Waals surface area contributed by atoms with Gasteiger partial charge >= 0.3 is 5.69 Å². The maximum atomic E-state index is 14.5. The Hall–Kier alpha value is -5.48. The van der Waals surface area contributed by atoms with Gasteiger partial charge in [0.15, 0.2) is 5.65 Å². The molecule has 1 amide bonds. The van der Waals surface area contributed by atoms with Gasteiger partial charge in [-0.1, -0.05) is 40.9 Å². The van der Waals surface area contributed by atoms with Crippen LogP contribution in [0.25, 0.3) is 33.9 Å². The van der Waals surface area contributed by atoms with E-state index in [9.17, 15) is 31.7 Å². The lowest BCUT2D eigenvalue weighted by atomic mass is 9.90. The fraction of sp³-hybridized carbons (Fsp3) is 0.306. The smallest absolute Gasteiger partial charge is 0.337 e. The van der Waals surface area contributed by atoms with Crippen LogP contribution in [-0.2, 0) is 27.4 Å². The summed E-state index contributed by atoms with van der Waals surface area (Å²) in [6, 6.07) is 15.3. The molecule has 270 valence electrons. The summed E-state index contributed by atoms with van der Waals surface area (Å²) in [5, 5.41) is 3.42. The van der Waals surface area contributed by atoms with Crippen molar-refractivity contribution in [2.75, 3.05) is 12.9 Å². The van der Waals surface area contributed by atoms with Crippen LogP contribution in [0.3, 0.4) is 0 Å². The molecule has 0 spiro atoms. The molecule has 0 radical (unpaired) electrons. The number of aryl methyl sites for hydroxylation is 1. The number of carbonyl (C=O) groups excluding carboxylic acids is 1. The number of imidazole rings is 1. The minimum absolute atomic E-state index is 0.0331. The number of hydrogen-bond donors (Lipinski definition) is 1. The minimum atomic E-state index is -3.49. The highest BCUT2D eigenvalue weighted by molar-refractivity contribution is 7.85. The molecule has 1 fully saturated rings. The van der Waals surface area contributed by atoms with Gasteiger partial charge in [-0.2, -0.15) is 13.5 Å². The second-order valence-corrected chi connectivity index (χ2v) is 14.6. The average molecular weight is 732 g/mol. The van der Waals surface area contributed by atoms with E-state index in [1.807, 2.05) is 30.3 Å². The van der Waals surface area contributed by atoms with Gasteiger partial charge in [0.1, 0.15) is 24.0 Å². The molecule has 1 aliphatic heterocycles. The van der Waals surface area contributed by atoms with Crippen LogP contribution < -0.4 is 16.6 Å². The standard InChI is InChI=1S/C36H35F2N7O6S/c1-52(49,50)51-17-3-4-23-7-9-24(10-8-23)25-5-2-6-29(18-25)44-33-30(19-26(37)20-39-33)35(47)45(36(44)48)28-13-11-27(12-14-28)40-34(46)31-21-42-22-43(38)16-15-32(42)41-31/h2,5-10,15-16,18-21,27-28H,3-4,11-14,17,22H2,1H3,(H,40,46). The Morgan fingerprint density at radius 2 is 1.81 bits per heavy atom. The number of fused-ring (bicyclic) bond motifs is 2. The van der Waals surface area contributed by atoms with E-state index in [1.54, 1.807) is 18.2 Å². The number of carbonyl (C=O) groups is 1. The summed E-state index contributed by atoms with van der Waals surface area (Å²) >= 11 is 0. The van der Waals surface area contributed by atoms with Gasteiger partial charge in [-0.15, -0.1) is 0 Å². The highest BCUT2D eigenvalue weighted by Crippen LogP contribution is 2.29. The number of hydrogen-bond acceptors (Lipinski definition) is 9. The van der Waals surface area contributed by atoms with Crippen molar-refractivity contribution in [1.29, 1.82) is 0 Å². The van der Waals surface area contributed by atoms with E-state index in [4.69, 9.17) is 4.18 Å². The van der Waals surface area contributed by atoms with E-state index in [-0.39, 0.29) is 36.0 Å². The molecular weight excluding hydrogens is 697 g/mol. The number of halogens is 2. The van der Waals surface area contributed by atoms with E-state index in [0.29, 0.717) is 55.2 Å². The molecule has 7 rings (SSSR count). The van der Waals surface area contributed by atoms with Crippen molar-refractivity contribution >= 4 is 33.1 Å². The Balaban J connectivity index is 1.12. The van der Waals surface area contributed by atoms with E-state index < -0.39 is 39.1 Å². The second kappa shape index (κ2) is 14.3. The van der Waals surface area contributed by atoms with Crippen molar-refractivity contribution in [3.63, 3.8) is 0 Å². The van der Waals surface area contributed by atoms with Gasteiger partial charge in [-0.3, -0.25) is 18.3 Å². The van der Waals surface area contributed by atoms with Crippen LogP contribution in [0.2, 0.25) is 0 Å². The first-order valence-corrected chi connectivity index (χ1v) is 18.6. The van der Waals surface area contributed by atoms with E-state index in [0.717, 1.165) is 35.2 Å². The molecule has 0 bridgehead atoms. The van der Waals surface area contributed by atoms with Crippen molar-refractivity contribution < 1.29 is 26.3 Å². The molecule has 4 heterocycles. The molecule has 1 saturated carbocycles. The predicted molar refractivity (Wildman–Crippen MR) is 189 cm³/mol. The van der Waals surface area contributed by atoms with Gasteiger partial charge in [-0.05, 0) is 79.5 Å². The van der Waals surface area contributed by atoms with Crippen LogP contribution in [0, 0.1) is 5.82 Å². The summed E-state index contributed by atoms with van der Waals surface area (Å²) in [6.45, 7) is 0.0260. The molecule has 5 aromatic rings. The lowest BCUT2D eigenvalue weighted by molar-refractivity contribution is 0.0492. The first-order chi connectivity index (χ1) is 24.9. The lowest BCUT2D eigenvalue weighted by Crippen LogP contribution is -2.45. The number of pyridine rings is 1. The molecule has 0 saturated heterocycles. The number of nitrogens with one attached hydrogen (secondary N) is 1. The number of amides is 1. The average Bonchev–Trinajstić information content (AvgIpc) is 3.55. The van der Waals surface area contributed by atoms with E-state index in [1.165, 1.54) is 32.2 Å². The second-order valence-electron chi connectivity index (χ2n) is 13.0. The third kappa shape index (κ3) is 7.43. The van der Waals surface area contributed by atoms with Crippen LogP contribution in [-0.4, -0.2) is 62.0 Å². The fourth-order valence-electron chi connectivity index (χ4n) is 6.78. The Kier molecular flexibility index (Phi) is 9.59. The Morgan fingerprint density at radius 3 is 2.56 bits per heavy atom. The summed E-state index contributed by atoms with van der Waals surface area (Å²) in [7, 11) is -3.49. The third-order valence-corrected chi connectivity index (χ3v) is 9.90. The summed E-state index contributed by atoms with van der Waals surface area (Å²) in [5.74, 6) is -0.638. The molecular formula is C36H35F2N7O6S. The summed E-state index contributed by atoms with van der Waals surface area (Å²) < 4.78 is 59.3. The molecule has 2 aromatic carbocycles. The van der Waals surface area contributed by atoms with Gasteiger partial charge in [0.25, 0.3) is 21.6 Å². The highest BCUT2D eigenvalue weighted by Gasteiger charge is 2.29. The predicted octanol–water partition coefficient (Wildman–Crippen LogP) is 4.50. The molecule has 0 atom stereocenters. The number of aromatic nitrogens is 5. The fourth-order valence-corrected chi connectivity index (χ4v) is 7.20. The molecule has 16 heteroatoms. The highest BCUT2D eigenvalue weighted by atomic mass is 32.2. The molecule has 3 aromatic heterocycles. The van der Waals surface area contributed by atoms with Crippen molar-refractivity contribution in [2.45, 2.75) is 57.3 Å². The van der Waals surface area contributed by atoms with Crippen molar-refractivity contribution in [3.05, 3.63) is 117 Å². The zero-order chi connectivity index (χ0) is 36.6. The Bertz CT molecular complexity index is 2420. The zero-order valence-corrected chi connectivity index (χ0v) is 28.9. The quantitative estimate of drug-likeness (QED) is 0.124. The minimum Gasteiger partial charge on any atom is -0.348 e. The van der Waals surface area contributed by atoms with Gasteiger partial charge < -0.3 is 9.88 Å². The van der Waals surface area contributed by atoms with Crippen LogP contribution in [0.1, 0.15) is 60.0 Å². The normalized spacial score (nSPS) is 17.3. The topological polar surface area (TPSA) is 150 Å². The van der Waals surface area contributed by atoms with Crippen LogP contribution >= 0.6 is 0 Å². The number of rotatable bonds is 10. The molecule has 0 unspecified atom stereocenters. The van der Waals surface area contributed by atoms with Crippen molar-refractivity contribution in [1.82, 2.24) is 34.1 Å². The van der Waals surface area contributed by atoms with Crippen LogP contribution in [0.15, 0.2) is 82.8 Å². The Morgan fingerprint density at radius 1 is 1.04 bits per heavy atom. The number of nitrogens with zero attached hydrogens (tertiary/aromatic N) is 6. The first-order valence-electron chi connectivity index (χ1n) is 16.8. The van der Waals surface area contributed by atoms with Gasteiger partial charge in [-0.25, -0.2) is 23.7 Å². The summed E-state index contributed by atoms with van der Waals surface area (Å²) in [5.41, 5.74) is 2.05. The van der Waals surface area contributed by atoms with Crippen LogP contribution in [0.4, 0.5) is 8.87 Å². The summed E-state index contributed by atoms with van der Waals surface area (Å²) in [6.07, 6.45) is 9.10. The zero-order valence-electron chi connectivity index (χ0n) is 28.1. The van der Waals surface area contributed by atoms with Gasteiger partial charge in [0.2, 0.25) is 0 Å². The van der Waals surface area contributed by atoms with Crippen molar-refractivity contribution in [3.8, 4) is 16.8 Å². The monoisotopic (exact) mass is 731 g/mol. The van der Waals surface area contributed by atoms with E-state index in [2.05, 4.69) is 15.3 Å². The Labute approximate surface area is 296 Å². The maximum Gasteiger partial charge on any atom is 0.337 e. The first kappa shape index (κ1) is 34.9. The molecule has 2 aliphatic rings. The lowest BCUT2D eigenvalue weighted by Gasteiger charge is -2.30. The van der Waals surface area contributed by atoms with E-state index >= 15 is 0 Å². The maximum absolute atomic E-state index is 14.5. The third-order valence-electron chi connectivity index (χ3n) is 9.30. The van der Waals surface area contributed by atoms with Gasteiger partial charge in [0.05, 0.1) is 30.1 Å². The molecule has 52 heavy (non-hydrogen) atoms. The summed E-state index contributed by atoms with van der Waals surface area (Å²) in [4.78, 5) is 49.5. The molecule has 13 nitrogen and oxygen atoms in total. The van der Waals surface area contributed by atoms with Gasteiger partial charge in [0, 0.05) is 24.5 Å². The largest absolute Gasteiger partial charge is 0.348 e. The number of benzene rings is 2. The SMILES string of the molecule is CS(=O)(=O)OCCCc1ccc(-c2cccc(-n3c(=O)n(C4CCC(NC(=O)c5cn6c(n5)C=CN(F)C6)CC4)c(=O)c4cc(F)cnc43)c2)cc1.